The van der Waals surface area contributed by atoms with Crippen molar-refractivity contribution >= 4 is 28.5 Å². The summed E-state index contributed by atoms with van der Waals surface area (Å²) in [6.07, 6.45) is 4.04. The number of hydrogen-bond acceptors (Lipinski definition) is 8. The van der Waals surface area contributed by atoms with Gasteiger partial charge in [0, 0.05) is 85.1 Å². The smallest absolute Gasteiger partial charge is 0.339 e. The van der Waals surface area contributed by atoms with Gasteiger partial charge in [-0.25, -0.2) is 9.97 Å². The lowest BCUT2D eigenvalue weighted by molar-refractivity contribution is -0.137. The monoisotopic (exact) mass is 877 g/mol. The van der Waals surface area contributed by atoms with E-state index >= 15 is 0 Å². The largest absolute Gasteiger partial charge is 0.416 e. The van der Waals surface area contributed by atoms with Crippen LogP contribution in [0.2, 0.25) is 0 Å². The summed E-state index contributed by atoms with van der Waals surface area (Å²) < 4.78 is 39.2. The van der Waals surface area contributed by atoms with Gasteiger partial charge in [-0.15, -0.1) is 0 Å². The molecule has 332 valence electrons. The zero-order valence-corrected chi connectivity index (χ0v) is 36.6. The number of aromatic nitrogens is 5. The van der Waals surface area contributed by atoms with Crippen molar-refractivity contribution in [1.29, 1.82) is 0 Å². The normalized spacial score (nSPS) is 17.4. The van der Waals surface area contributed by atoms with Gasteiger partial charge < -0.3 is 15.2 Å². The summed E-state index contributed by atoms with van der Waals surface area (Å²) in [7, 11) is 0. The van der Waals surface area contributed by atoms with Gasteiger partial charge in [0.15, 0.2) is 0 Å². The second kappa shape index (κ2) is 18.4. The Balaban J connectivity index is 0.846. The summed E-state index contributed by atoms with van der Waals surface area (Å²) in [5, 5.41) is 3.60. The molecule has 6 heterocycles. The molecule has 2 amide bonds. The summed E-state index contributed by atoms with van der Waals surface area (Å²) in [6.45, 7) is 10.8. The maximum absolute atomic E-state index is 13.8. The standard InChI is InChI=1S/C51H50F3N9O2/c1-32-8-6-22-55-45(32)43-12-5-13-44(46-33(2)9-7-23-56-46)63(43)29-26-61-24-27-62(28-25-61)50(65)37-16-14-35(15-17-37)42-30-40-47(57-31-58-48(40)59-42)39-10-4-11-41(34(39)3)60-49(64)36-18-20-38(21-19-36)51(52,53)54/h4,6-11,14-23,30-31,43-44H,5,12-13,24-29H2,1-3H3,(H,60,64)(H,57,58,59)/t43-,44+. The Labute approximate surface area is 375 Å². The van der Waals surface area contributed by atoms with Crippen LogP contribution in [0.1, 0.15) is 85.7 Å². The predicted molar refractivity (Wildman–Crippen MR) is 245 cm³/mol. The minimum Gasteiger partial charge on any atom is -0.339 e. The number of carbonyl (C=O) groups is 2. The van der Waals surface area contributed by atoms with E-state index in [1.807, 2.05) is 72.7 Å². The van der Waals surface area contributed by atoms with Crippen LogP contribution < -0.4 is 5.32 Å². The highest BCUT2D eigenvalue weighted by Gasteiger charge is 2.36. The molecule has 7 aromatic rings. The van der Waals surface area contributed by atoms with Gasteiger partial charge in [0.2, 0.25) is 0 Å². The highest BCUT2D eigenvalue weighted by molar-refractivity contribution is 6.05. The third-order valence-electron chi connectivity index (χ3n) is 13.0. The highest BCUT2D eigenvalue weighted by atomic mass is 19.4. The molecular formula is C51H50F3N9O2. The summed E-state index contributed by atoms with van der Waals surface area (Å²) in [5.74, 6) is -0.520. The van der Waals surface area contributed by atoms with E-state index in [1.165, 1.54) is 17.5 Å². The minimum absolute atomic E-state index is 0.00850. The number of anilines is 1. The van der Waals surface area contributed by atoms with Crippen LogP contribution in [0.3, 0.4) is 0 Å². The topological polar surface area (TPSA) is 123 Å². The van der Waals surface area contributed by atoms with E-state index < -0.39 is 17.6 Å². The number of amides is 2. The molecule has 0 unspecified atom stereocenters. The highest BCUT2D eigenvalue weighted by Crippen LogP contribution is 2.42. The number of piperazine rings is 1. The van der Waals surface area contributed by atoms with E-state index in [9.17, 15) is 22.8 Å². The second-order valence-corrected chi connectivity index (χ2v) is 17.0. The van der Waals surface area contributed by atoms with Gasteiger partial charge >= 0.3 is 6.18 Å². The Bertz CT molecular complexity index is 2780. The van der Waals surface area contributed by atoms with Crippen molar-refractivity contribution in [3.05, 3.63) is 161 Å². The molecule has 2 atom stereocenters. The van der Waals surface area contributed by atoms with E-state index in [-0.39, 0.29) is 23.6 Å². The fourth-order valence-corrected chi connectivity index (χ4v) is 9.40. The lowest BCUT2D eigenvalue weighted by Gasteiger charge is -2.44. The molecule has 9 rings (SSSR count). The van der Waals surface area contributed by atoms with Crippen LogP contribution in [0.5, 0.6) is 0 Å². The predicted octanol–water partition coefficient (Wildman–Crippen LogP) is 10.0. The van der Waals surface area contributed by atoms with E-state index in [4.69, 9.17) is 9.97 Å². The lowest BCUT2D eigenvalue weighted by Crippen LogP contribution is -2.51. The average molecular weight is 878 g/mol. The average Bonchev–Trinajstić information content (AvgIpc) is 3.77. The summed E-state index contributed by atoms with van der Waals surface area (Å²) >= 11 is 0. The number of H-pyrrole nitrogens is 1. The van der Waals surface area contributed by atoms with Crippen molar-refractivity contribution in [2.24, 2.45) is 0 Å². The zero-order chi connectivity index (χ0) is 45.2. The van der Waals surface area contributed by atoms with Crippen LogP contribution in [0.15, 0.2) is 116 Å². The Morgan fingerprint density at radius 3 is 2.02 bits per heavy atom. The van der Waals surface area contributed by atoms with Gasteiger partial charge in [-0.05, 0) is 123 Å². The molecule has 2 fully saturated rings. The first-order valence-corrected chi connectivity index (χ1v) is 22.1. The number of carbonyl (C=O) groups excluding carboxylic acids is 2. The first kappa shape index (κ1) is 43.5. The number of nitrogens with one attached hydrogen (secondary N) is 2. The maximum atomic E-state index is 13.8. The van der Waals surface area contributed by atoms with Gasteiger partial charge in [-0.2, -0.15) is 13.2 Å². The molecule has 0 radical (unpaired) electrons. The third-order valence-corrected chi connectivity index (χ3v) is 13.0. The van der Waals surface area contributed by atoms with Crippen LogP contribution in [0, 0.1) is 20.8 Å². The van der Waals surface area contributed by atoms with Crippen LogP contribution in [-0.2, 0) is 6.18 Å². The molecule has 4 aromatic heterocycles. The molecule has 11 nitrogen and oxygen atoms in total. The van der Waals surface area contributed by atoms with E-state index in [1.54, 1.807) is 12.1 Å². The molecule has 14 heteroatoms. The molecule has 65 heavy (non-hydrogen) atoms. The van der Waals surface area contributed by atoms with Gasteiger partial charge in [0.1, 0.15) is 12.0 Å². The number of benzene rings is 3. The second-order valence-electron chi connectivity index (χ2n) is 17.0. The fraction of sp³-hybridized carbons (Fsp3) is 0.294. The number of pyridine rings is 2. The Morgan fingerprint density at radius 1 is 0.738 bits per heavy atom. The maximum Gasteiger partial charge on any atom is 0.416 e. The third kappa shape index (κ3) is 9.14. The molecule has 2 saturated heterocycles. The molecular weight excluding hydrogens is 828 g/mol. The number of aryl methyl sites for hydroxylation is 2. The number of alkyl halides is 3. The molecule has 0 aliphatic carbocycles. The van der Waals surface area contributed by atoms with Crippen LogP contribution in [-0.4, -0.2) is 90.7 Å². The minimum atomic E-state index is -4.49. The number of aromatic amines is 1. The molecule has 2 aliphatic heterocycles. The Morgan fingerprint density at radius 2 is 1.38 bits per heavy atom. The molecule has 2 aliphatic rings. The Hall–Kier alpha value is -6.77. The summed E-state index contributed by atoms with van der Waals surface area (Å²) in [5.41, 5.74) is 9.58. The summed E-state index contributed by atoms with van der Waals surface area (Å²) in [4.78, 5) is 56.1. The van der Waals surface area contributed by atoms with Gasteiger partial charge in [0.25, 0.3) is 11.8 Å². The molecule has 3 aromatic carbocycles. The Kier molecular flexibility index (Phi) is 12.3. The first-order valence-electron chi connectivity index (χ1n) is 22.1. The van der Waals surface area contributed by atoms with Crippen molar-refractivity contribution < 1.29 is 22.8 Å². The van der Waals surface area contributed by atoms with E-state index in [2.05, 4.69) is 56.0 Å². The quantitative estimate of drug-likeness (QED) is 0.139. The number of nitrogens with zero attached hydrogens (tertiary/aromatic N) is 7. The fourth-order valence-electron chi connectivity index (χ4n) is 9.40. The number of halogens is 3. The van der Waals surface area contributed by atoms with Gasteiger partial charge in [-0.3, -0.25) is 29.4 Å². The first-order chi connectivity index (χ1) is 31.4. The number of piperidine rings is 1. The van der Waals surface area contributed by atoms with Crippen molar-refractivity contribution in [2.45, 2.75) is 58.3 Å². The van der Waals surface area contributed by atoms with Crippen molar-refractivity contribution in [2.75, 3.05) is 44.6 Å². The van der Waals surface area contributed by atoms with Gasteiger partial charge in [-0.1, -0.05) is 36.4 Å². The zero-order valence-electron chi connectivity index (χ0n) is 36.6. The van der Waals surface area contributed by atoms with Gasteiger partial charge in [0.05, 0.1) is 34.7 Å². The van der Waals surface area contributed by atoms with Crippen LogP contribution in [0.25, 0.3) is 33.5 Å². The van der Waals surface area contributed by atoms with Crippen molar-refractivity contribution in [3.63, 3.8) is 0 Å². The number of hydrogen-bond donors (Lipinski definition) is 2. The lowest BCUT2D eigenvalue weighted by atomic mass is 9.89. The van der Waals surface area contributed by atoms with Crippen molar-refractivity contribution in [1.82, 2.24) is 39.6 Å². The van der Waals surface area contributed by atoms with E-state index in [0.717, 1.165) is 109 Å². The number of fused-ring (bicyclic) bond motifs is 1. The number of rotatable bonds is 10. The molecule has 0 bridgehead atoms. The summed E-state index contributed by atoms with van der Waals surface area (Å²) in [6, 6.07) is 27.9. The van der Waals surface area contributed by atoms with Crippen LogP contribution in [0.4, 0.5) is 18.9 Å². The molecule has 0 saturated carbocycles. The van der Waals surface area contributed by atoms with Crippen LogP contribution >= 0.6 is 0 Å². The molecule has 2 N–H and O–H groups in total. The SMILES string of the molecule is Cc1cccnc1[C@H]1CCC[C@@H](c2ncccc2C)N1CCN1CCN(C(=O)c2ccc(-c3cc4c(-c5cccc(NC(=O)c6ccc(C(F)(F)F)cc6)c5C)ncnc4[nH]3)cc2)CC1. The van der Waals surface area contributed by atoms with E-state index in [0.29, 0.717) is 35.7 Å². The van der Waals surface area contributed by atoms with Crippen molar-refractivity contribution in [3.8, 4) is 22.5 Å². The number of likely N-dealkylation sites (tertiary alicyclic amines) is 1. The molecule has 0 spiro atoms.